The standard InChI is InChI=1S/C19H19F2NO5/c1-10(22-17(24)12-4-2-3-5-13(12)18(22)25)19(26)27-9-16(23)11-6-7-14(20)15(21)8-11/h6-8,10,12-13H,2-5,9H2,1H3/t10-,12?,13?/m0/s1. The van der Waals surface area contributed by atoms with E-state index >= 15 is 0 Å². The molecule has 1 heterocycles. The Kier molecular flexibility index (Phi) is 5.34. The zero-order valence-corrected chi connectivity index (χ0v) is 14.7. The lowest BCUT2D eigenvalue weighted by molar-refractivity contribution is -0.157. The van der Waals surface area contributed by atoms with Gasteiger partial charge in [0.2, 0.25) is 11.8 Å². The highest BCUT2D eigenvalue weighted by molar-refractivity contribution is 6.08. The number of ketones is 1. The minimum atomic E-state index is -1.18. The number of rotatable bonds is 5. The van der Waals surface area contributed by atoms with E-state index in [9.17, 15) is 28.0 Å². The summed E-state index contributed by atoms with van der Waals surface area (Å²) in [4.78, 5) is 50.1. The molecular formula is C19H19F2NO5. The van der Waals surface area contributed by atoms with Crippen LogP contribution in [0, 0.1) is 23.5 Å². The van der Waals surface area contributed by atoms with Crippen LogP contribution in [-0.4, -0.2) is 41.1 Å². The lowest BCUT2D eigenvalue weighted by Gasteiger charge is -2.21. The number of nitrogens with zero attached hydrogens (tertiary/aromatic N) is 1. The number of carbonyl (C=O) groups excluding carboxylic acids is 4. The molecule has 2 fully saturated rings. The molecule has 0 N–H and O–H groups in total. The topological polar surface area (TPSA) is 80.8 Å². The molecule has 1 saturated carbocycles. The van der Waals surface area contributed by atoms with Gasteiger partial charge >= 0.3 is 5.97 Å². The normalized spacial score (nSPS) is 23.1. The van der Waals surface area contributed by atoms with Crippen LogP contribution in [0.4, 0.5) is 8.78 Å². The Morgan fingerprint density at radius 1 is 1.11 bits per heavy atom. The van der Waals surface area contributed by atoms with Gasteiger partial charge < -0.3 is 4.74 Å². The number of ether oxygens (including phenoxy) is 1. The van der Waals surface area contributed by atoms with Gasteiger partial charge in [0.15, 0.2) is 24.0 Å². The average Bonchev–Trinajstić information content (AvgIpc) is 2.92. The molecule has 6 nitrogen and oxygen atoms in total. The van der Waals surface area contributed by atoms with Gasteiger partial charge in [-0.3, -0.25) is 19.3 Å². The molecule has 1 saturated heterocycles. The van der Waals surface area contributed by atoms with Gasteiger partial charge in [-0.25, -0.2) is 13.6 Å². The predicted octanol–water partition coefficient (Wildman–Crippen LogP) is 2.25. The highest BCUT2D eigenvalue weighted by atomic mass is 19.2. The fourth-order valence-corrected chi connectivity index (χ4v) is 3.69. The SMILES string of the molecule is C[C@@H](C(=O)OCC(=O)c1ccc(F)c(F)c1)N1C(=O)C2CCCCC2C1=O. The number of imide groups is 1. The molecule has 0 radical (unpaired) electrons. The Hall–Kier alpha value is -2.64. The summed E-state index contributed by atoms with van der Waals surface area (Å²) < 4.78 is 31.0. The first kappa shape index (κ1) is 19.1. The van der Waals surface area contributed by atoms with Crippen LogP contribution in [0.25, 0.3) is 0 Å². The summed E-state index contributed by atoms with van der Waals surface area (Å²) in [6, 6.07) is 1.45. The molecular weight excluding hydrogens is 360 g/mol. The molecule has 1 aromatic carbocycles. The minimum Gasteiger partial charge on any atom is -0.456 e. The molecule has 2 aliphatic rings. The van der Waals surface area contributed by atoms with Crippen molar-refractivity contribution in [3.05, 3.63) is 35.4 Å². The van der Waals surface area contributed by atoms with Crippen molar-refractivity contribution in [1.82, 2.24) is 4.90 Å². The summed E-state index contributed by atoms with van der Waals surface area (Å²) in [5, 5.41) is 0. The molecule has 2 unspecified atom stereocenters. The van der Waals surface area contributed by atoms with E-state index in [1.54, 1.807) is 0 Å². The molecule has 3 atom stereocenters. The maximum Gasteiger partial charge on any atom is 0.329 e. The summed E-state index contributed by atoms with van der Waals surface area (Å²) in [6.45, 7) is 0.675. The second-order valence-corrected chi connectivity index (χ2v) is 6.88. The smallest absolute Gasteiger partial charge is 0.329 e. The quantitative estimate of drug-likeness (QED) is 0.445. The van der Waals surface area contributed by atoms with E-state index in [2.05, 4.69) is 0 Å². The molecule has 8 heteroatoms. The molecule has 0 bridgehead atoms. The van der Waals surface area contributed by atoms with Crippen molar-refractivity contribution in [3.8, 4) is 0 Å². The number of benzene rings is 1. The van der Waals surface area contributed by atoms with Crippen molar-refractivity contribution in [3.63, 3.8) is 0 Å². The minimum absolute atomic E-state index is 0.145. The number of fused-ring (bicyclic) bond motifs is 1. The summed E-state index contributed by atoms with van der Waals surface area (Å²) in [5.74, 6) is -5.41. The van der Waals surface area contributed by atoms with Crippen LogP contribution in [0.15, 0.2) is 18.2 Å². The Morgan fingerprint density at radius 2 is 1.70 bits per heavy atom. The van der Waals surface area contributed by atoms with Crippen LogP contribution in [-0.2, 0) is 19.1 Å². The molecule has 0 aromatic heterocycles. The third kappa shape index (κ3) is 3.61. The van der Waals surface area contributed by atoms with Gasteiger partial charge in [-0.15, -0.1) is 0 Å². The van der Waals surface area contributed by atoms with E-state index in [0.29, 0.717) is 18.9 Å². The molecule has 3 rings (SSSR count). The van der Waals surface area contributed by atoms with Gasteiger partial charge in [0.1, 0.15) is 6.04 Å². The van der Waals surface area contributed by atoms with Gasteiger partial charge in [0.05, 0.1) is 11.8 Å². The monoisotopic (exact) mass is 379 g/mol. The summed E-state index contributed by atoms with van der Waals surface area (Å²) in [6.07, 6.45) is 3.00. The van der Waals surface area contributed by atoms with Gasteiger partial charge in [-0.05, 0) is 38.0 Å². The second-order valence-electron chi connectivity index (χ2n) is 6.88. The Bertz CT molecular complexity index is 785. The van der Waals surface area contributed by atoms with Crippen LogP contribution in [0.5, 0.6) is 0 Å². The number of likely N-dealkylation sites (tertiary alicyclic amines) is 1. The highest BCUT2D eigenvalue weighted by Gasteiger charge is 2.51. The van der Waals surface area contributed by atoms with Crippen LogP contribution in [0.1, 0.15) is 43.0 Å². The van der Waals surface area contributed by atoms with Gasteiger partial charge in [0.25, 0.3) is 0 Å². The largest absolute Gasteiger partial charge is 0.456 e. The third-order valence-electron chi connectivity index (χ3n) is 5.19. The Balaban J connectivity index is 1.62. The first-order valence-corrected chi connectivity index (χ1v) is 8.83. The lowest BCUT2D eigenvalue weighted by atomic mass is 9.81. The molecule has 27 heavy (non-hydrogen) atoms. The van der Waals surface area contributed by atoms with Crippen molar-refractivity contribution < 1.29 is 32.7 Å². The fourth-order valence-electron chi connectivity index (χ4n) is 3.69. The molecule has 2 amide bonds. The first-order valence-electron chi connectivity index (χ1n) is 8.83. The van der Waals surface area contributed by atoms with Crippen LogP contribution in [0.3, 0.4) is 0 Å². The van der Waals surface area contributed by atoms with Crippen molar-refractivity contribution in [2.24, 2.45) is 11.8 Å². The predicted molar refractivity (Wildman–Crippen MR) is 88.4 cm³/mol. The number of amides is 2. The van der Waals surface area contributed by atoms with Crippen molar-refractivity contribution in [2.45, 2.75) is 38.6 Å². The maximum atomic E-state index is 13.2. The number of hydrogen-bond donors (Lipinski definition) is 0. The van der Waals surface area contributed by atoms with Gasteiger partial charge in [-0.1, -0.05) is 12.8 Å². The van der Waals surface area contributed by atoms with Crippen LogP contribution < -0.4 is 0 Å². The van der Waals surface area contributed by atoms with Crippen LogP contribution in [0.2, 0.25) is 0 Å². The maximum absolute atomic E-state index is 13.2. The van der Waals surface area contributed by atoms with Gasteiger partial charge in [0, 0.05) is 5.56 Å². The van der Waals surface area contributed by atoms with Gasteiger partial charge in [-0.2, -0.15) is 0 Å². The van der Waals surface area contributed by atoms with E-state index in [-0.39, 0.29) is 29.2 Å². The van der Waals surface area contributed by atoms with E-state index in [1.807, 2.05) is 0 Å². The van der Waals surface area contributed by atoms with Crippen LogP contribution >= 0.6 is 0 Å². The zero-order chi connectivity index (χ0) is 19.7. The molecule has 1 aliphatic carbocycles. The number of halogens is 2. The fraction of sp³-hybridized carbons (Fsp3) is 0.474. The van der Waals surface area contributed by atoms with E-state index in [1.165, 1.54) is 6.92 Å². The van der Waals surface area contributed by atoms with E-state index in [4.69, 9.17) is 4.74 Å². The zero-order valence-electron chi connectivity index (χ0n) is 14.7. The number of carbonyl (C=O) groups is 4. The lowest BCUT2D eigenvalue weighted by Crippen LogP contribution is -2.44. The van der Waals surface area contributed by atoms with E-state index < -0.39 is 36.0 Å². The second kappa shape index (κ2) is 7.54. The average molecular weight is 379 g/mol. The first-order chi connectivity index (χ1) is 12.8. The molecule has 1 aromatic rings. The Labute approximate surface area is 154 Å². The molecule has 1 aliphatic heterocycles. The van der Waals surface area contributed by atoms with Crippen molar-refractivity contribution in [1.29, 1.82) is 0 Å². The summed E-state index contributed by atoms with van der Waals surface area (Å²) in [5.41, 5.74) is -0.145. The molecule has 0 spiro atoms. The summed E-state index contributed by atoms with van der Waals surface area (Å²) >= 11 is 0. The summed E-state index contributed by atoms with van der Waals surface area (Å²) in [7, 11) is 0. The Morgan fingerprint density at radius 3 is 2.26 bits per heavy atom. The van der Waals surface area contributed by atoms with Crippen molar-refractivity contribution in [2.75, 3.05) is 6.61 Å². The van der Waals surface area contributed by atoms with E-state index in [0.717, 1.165) is 29.9 Å². The van der Waals surface area contributed by atoms with Crippen molar-refractivity contribution >= 4 is 23.6 Å². The third-order valence-corrected chi connectivity index (χ3v) is 5.19. The number of hydrogen-bond acceptors (Lipinski definition) is 5. The highest BCUT2D eigenvalue weighted by Crippen LogP contribution is 2.38. The number of esters is 1. The number of Topliss-reactive ketones (excluding diaryl/α,β-unsaturated/α-hetero) is 1. The molecule has 144 valence electrons.